The van der Waals surface area contributed by atoms with Gasteiger partial charge in [-0.25, -0.2) is 0 Å². The minimum Gasteiger partial charge on any atom is -0.395 e. The average molecular weight is 244 g/mol. The van der Waals surface area contributed by atoms with Crippen LogP contribution >= 0.6 is 0 Å². The molecule has 0 aromatic heterocycles. The van der Waals surface area contributed by atoms with Crippen molar-refractivity contribution in [1.82, 2.24) is 9.80 Å². The van der Waals surface area contributed by atoms with Gasteiger partial charge in [-0.05, 0) is 20.8 Å². The highest BCUT2D eigenvalue weighted by Gasteiger charge is 2.31. The lowest BCUT2D eigenvalue weighted by Gasteiger charge is -2.39. The first-order valence-corrected chi connectivity index (χ1v) is 6.38. The molecule has 0 spiro atoms. The first-order valence-electron chi connectivity index (χ1n) is 6.38. The van der Waals surface area contributed by atoms with Crippen LogP contribution in [-0.2, 0) is 9.53 Å². The molecule has 0 radical (unpaired) electrons. The summed E-state index contributed by atoms with van der Waals surface area (Å²) in [4.78, 5) is 16.1. The van der Waals surface area contributed by atoms with Gasteiger partial charge in [0.05, 0.1) is 31.9 Å². The molecule has 0 aromatic carbocycles. The van der Waals surface area contributed by atoms with Crippen molar-refractivity contribution in [3.8, 4) is 0 Å². The lowest BCUT2D eigenvalue weighted by Crippen LogP contribution is -2.56. The number of rotatable bonds is 5. The van der Waals surface area contributed by atoms with Gasteiger partial charge >= 0.3 is 0 Å². The van der Waals surface area contributed by atoms with Crippen LogP contribution in [0.3, 0.4) is 0 Å². The van der Waals surface area contributed by atoms with Crippen LogP contribution in [0.15, 0.2) is 0 Å². The molecule has 1 aliphatic rings. The molecule has 0 aromatic rings. The highest BCUT2D eigenvalue weighted by Crippen LogP contribution is 2.13. The zero-order chi connectivity index (χ0) is 12.8. The minimum absolute atomic E-state index is 0.0376. The predicted molar refractivity (Wildman–Crippen MR) is 65.8 cm³/mol. The van der Waals surface area contributed by atoms with E-state index in [0.717, 1.165) is 13.1 Å². The molecule has 1 saturated heterocycles. The first kappa shape index (κ1) is 14.4. The topological polar surface area (TPSA) is 53.0 Å². The van der Waals surface area contributed by atoms with Gasteiger partial charge in [0.15, 0.2) is 0 Å². The lowest BCUT2D eigenvalue weighted by molar-refractivity contribution is -0.140. The van der Waals surface area contributed by atoms with Gasteiger partial charge in [-0.2, -0.15) is 0 Å². The molecule has 1 heterocycles. The van der Waals surface area contributed by atoms with Crippen molar-refractivity contribution in [3.05, 3.63) is 0 Å². The number of ether oxygens (including phenoxy) is 1. The van der Waals surface area contributed by atoms with E-state index in [0.29, 0.717) is 19.8 Å². The maximum atomic E-state index is 12.2. The summed E-state index contributed by atoms with van der Waals surface area (Å²) in [6.07, 6.45) is 0. The molecule has 2 atom stereocenters. The van der Waals surface area contributed by atoms with Gasteiger partial charge < -0.3 is 14.7 Å². The fourth-order valence-electron chi connectivity index (χ4n) is 2.28. The average Bonchev–Trinajstić information content (AvgIpc) is 2.39. The van der Waals surface area contributed by atoms with Gasteiger partial charge in [0, 0.05) is 19.6 Å². The molecule has 1 fully saturated rings. The van der Waals surface area contributed by atoms with Gasteiger partial charge in [0.2, 0.25) is 5.91 Å². The Kier molecular flexibility index (Phi) is 5.88. The summed E-state index contributed by atoms with van der Waals surface area (Å²) in [5.41, 5.74) is 0. The molecule has 1 amide bonds. The molecule has 0 aliphatic carbocycles. The van der Waals surface area contributed by atoms with E-state index in [2.05, 4.69) is 0 Å². The Morgan fingerprint density at radius 2 is 2.18 bits per heavy atom. The third kappa shape index (κ3) is 3.40. The molecule has 0 saturated carbocycles. The zero-order valence-corrected chi connectivity index (χ0v) is 11.1. The van der Waals surface area contributed by atoms with Crippen LogP contribution in [0.4, 0.5) is 0 Å². The van der Waals surface area contributed by atoms with E-state index in [1.165, 1.54) is 0 Å². The molecule has 1 N–H and O–H groups in total. The van der Waals surface area contributed by atoms with E-state index in [-0.39, 0.29) is 24.6 Å². The molecule has 17 heavy (non-hydrogen) atoms. The van der Waals surface area contributed by atoms with E-state index in [9.17, 15) is 9.90 Å². The van der Waals surface area contributed by atoms with Crippen molar-refractivity contribution in [2.75, 3.05) is 39.5 Å². The van der Waals surface area contributed by atoms with Crippen molar-refractivity contribution < 1.29 is 14.6 Å². The van der Waals surface area contributed by atoms with Crippen molar-refractivity contribution in [3.63, 3.8) is 0 Å². The largest absolute Gasteiger partial charge is 0.395 e. The summed E-state index contributed by atoms with van der Waals surface area (Å²) in [7, 11) is 0. The summed E-state index contributed by atoms with van der Waals surface area (Å²) in [6, 6.07) is -0.241. The van der Waals surface area contributed by atoms with E-state index < -0.39 is 0 Å². The number of aliphatic hydroxyl groups is 1. The number of nitrogens with zero attached hydrogens (tertiary/aromatic N) is 2. The first-order chi connectivity index (χ1) is 8.15. The number of amides is 1. The standard InChI is InChI=1S/C12H24N2O3/c1-4-13(5-2)12(16)10(3)14-6-7-17-9-11(14)8-15/h10-11,15H,4-9H2,1-3H3. The number of carbonyl (C=O) groups excluding carboxylic acids is 1. The quantitative estimate of drug-likeness (QED) is 0.736. The van der Waals surface area contributed by atoms with Crippen LogP contribution in [0, 0.1) is 0 Å². The number of likely N-dealkylation sites (N-methyl/N-ethyl adjacent to an activating group) is 1. The molecule has 100 valence electrons. The molecular weight excluding hydrogens is 220 g/mol. The second-order valence-electron chi connectivity index (χ2n) is 4.34. The molecule has 1 aliphatic heterocycles. The number of morpholine rings is 1. The highest BCUT2D eigenvalue weighted by atomic mass is 16.5. The summed E-state index contributed by atoms with van der Waals surface area (Å²) >= 11 is 0. The fourth-order valence-corrected chi connectivity index (χ4v) is 2.28. The SMILES string of the molecule is CCN(CC)C(=O)C(C)N1CCOCC1CO. The summed E-state index contributed by atoms with van der Waals surface area (Å²) in [6.45, 7) is 9.22. The highest BCUT2D eigenvalue weighted by molar-refractivity contribution is 5.81. The second-order valence-corrected chi connectivity index (χ2v) is 4.34. The van der Waals surface area contributed by atoms with E-state index in [1.807, 2.05) is 30.6 Å². The number of aliphatic hydroxyl groups excluding tert-OH is 1. The smallest absolute Gasteiger partial charge is 0.239 e. The van der Waals surface area contributed by atoms with Gasteiger partial charge in [0.1, 0.15) is 0 Å². The minimum atomic E-state index is -0.184. The Bertz CT molecular complexity index is 244. The third-order valence-corrected chi connectivity index (χ3v) is 3.41. The van der Waals surface area contributed by atoms with Gasteiger partial charge in [0.25, 0.3) is 0 Å². The van der Waals surface area contributed by atoms with Gasteiger partial charge in [-0.15, -0.1) is 0 Å². The Labute approximate surface area is 103 Å². The van der Waals surface area contributed by atoms with E-state index >= 15 is 0 Å². The third-order valence-electron chi connectivity index (χ3n) is 3.41. The number of hydrogen-bond donors (Lipinski definition) is 1. The van der Waals surface area contributed by atoms with Crippen molar-refractivity contribution >= 4 is 5.91 Å². The Balaban J connectivity index is 2.66. The van der Waals surface area contributed by atoms with Crippen molar-refractivity contribution in [2.45, 2.75) is 32.9 Å². The normalized spacial score (nSPS) is 23.4. The molecule has 1 rings (SSSR count). The molecule has 5 nitrogen and oxygen atoms in total. The number of hydrogen-bond acceptors (Lipinski definition) is 4. The summed E-state index contributed by atoms with van der Waals surface area (Å²) < 4.78 is 5.32. The van der Waals surface area contributed by atoms with Crippen LogP contribution in [0.2, 0.25) is 0 Å². The fraction of sp³-hybridized carbons (Fsp3) is 0.917. The van der Waals surface area contributed by atoms with E-state index in [1.54, 1.807) is 0 Å². The van der Waals surface area contributed by atoms with Gasteiger partial charge in [-0.3, -0.25) is 9.69 Å². The lowest BCUT2D eigenvalue weighted by atomic mass is 10.1. The summed E-state index contributed by atoms with van der Waals surface area (Å²) in [5.74, 6) is 0.135. The monoisotopic (exact) mass is 244 g/mol. The van der Waals surface area contributed by atoms with Crippen LogP contribution in [0.25, 0.3) is 0 Å². The second kappa shape index (κ2) is 6.93. The zero-order valence-electron chi connectivity index (χ0n) is 11.1. The van der Waals surface area contributed by atoms with Crippen molar-refractivity contribution in [2.24, 2.45) is 0 Å². The Morgan fingerprint density at radius 1 is 1.53 bits per heavy atom. The molecule has 0 bridgehead atoms. The Hall–Kier alpha value is -0.650. The van der Waals surface area contributed by atoms with Crippen LogP contribution in [-0.4, -0.2) is 72.4 Å². The number of carbonyl (C=O) groups is 1. The predicted octanol–water partition coefficient (Wildman–Crippen LogP) is -0.0636. The molecular formula is C12H24N2O3. The maximum Gasteiger partial charge on any atom is 0.239 e. The molecule has 2 unspecified atom stereocenters. The Morgan fingerprint density at radius 3 is 2.71 bits per heavy atom. The molecule has 5 heteroatoms. The maximum absolute atomic E-state index is 12.2. The van der Waals surface area contributed by atoms with Gasteiger partial charge in [-0.1, -0.05) is 0 Å². The van der Waals surface area contributed by atoms with Crippen LogP contribution < -0.4 is 0 Å². The van der Waals surface area contributed by atoms with Crippen LogP contribution in [0.5, 0.6) is 0 Å². The van der Waals surface area contributed by atoms with Crippen LogP contribution in [0.1, 0.15) is 20.8 Å². The van der Waals surface area contributed by atoms with E-state index in [4.69, 9.17) is 4.74 Å². The van der Waals surface area contributed by atoms with Crippen molar-refractivity contribution in [1.29, 1.82) is 0 Å². The summed E-state index contributed by atoms with van der Waals surface area (Å²) in [5, 5.41) is 9.30.